The molecule has 0 bridgehead atoms. The zero-order valence-electron chi connectivity index (χ0n) is 28.8. The van der Waals surface area contributed by atoms with Crippen molar-refractivity contribution in [2.45, 2.75) is 0 Å². The van der Waals surface area contributed by atoms with Gasteiger partial charge in [0.2, 0.25) is 0 Å². The lowest BCUT2D eigenvalue weighted by molar-refractivity contribution is 0.633. The summed E-state index contributed by atoms with van der Waals surface area (Å²) >= 11 is 0. The number of hydrogen-bond acceptors (Lipinski definition) is 3. The second kappa shape index (κ2) is 12.9. The highest BCUT2D eigenvalue weighted by atomic mass is 16.3. The average molecular weight is 680 g/mol. The summed E-state index contributed by atoms with van der Waals surface area (Å²) in [6.07, 6.45) is 0. The van der Waals surface area contributed by atoms with Crippen LogP contribution in [0.2, 0.25) is 0 Å². The summed E-state index contributed by atoms with van der Waals surface area (Å²) < 4.78 is 12.9. The molecule has 10 aromatic rings. The fraction of sp³-hybridized carbons (Fsp3) is 0. The summed E-state index contributed by atoms with van der Waals surface area (Å²) in [4.78, 5) is 2.31. The first kappa shape index (κ1) is 30.7. The standard InChI is InChI=1S/C50H33NO2/c1-4-10-34(11-5-1)36-16-24-42(25-17-36)51(43-26-18-37(19-27-43)35-12-6-2-7-13-35)44-28-20-38(21-29-44)40-22-30-45-48(32-40)52-46-31-23-41-33-47(53-50(41)49(45)46)39-14-8-3-9-15-39/h1-33H. The molecule has 0 aliphatic carbocycles. The van der Waals surface area contributed by atoms with Gasteiger partial charge in [0.1, 0.15) is 22.5 Å². The number of fused-ring (bicyclic) bond motifs is 5. The predicted molar refractivity (Wildman–Crippen MR) is 220 cm³/mol. The Balaban J connectivity index is 1.00. The summed E-state index contributed by atoms with van der Waals surface area (Å²) in [6, 6.07) is 70.3. The van der Waals surface area contributed by atoms with Crippen molar-refractivity contribution in [2.24, 2.45) is 0 Å². The van der Waals surface area contributed by atoms with Crippen molar-refractivity contribution in [2.75, 3.05) is 4.90 Å². The Labute approximate surface area is 307 Å². The van der Waals surface area contributed by atoms with E-state index < -0.39 is 0 Å². The topological polar surface area (TPSA) is 29.5 Å². The molecular formula is C50H33NO2. The van der Waals surface area contributed by atoms with E-state index in [1.807, 2.05) is 24.3 Å². The van der Waals surface area contributed by atoms with Crippen molar-refractivity contribution < 1.29 is 8.83 Å². The number of rotatable bonds is 7. The van der Waals surface area contributed by atoms with Gasteiger partial charge in [-0.05, 0) is 100 Å². The van der Waals surface area contributed by atoms with Crippen LogP contribution in [0, 0.1) is 0 Å². The molecule has 0 amide bonds. The largest absolute Gasteiger partial charge is 0.456 e. The van der Waals surface area contributed by atoms with Crippen LogP contribution in [0.3, 0.4) is 0 Å². The van der Waals surface area contributed by atoms with E-state index in [0.717, 1.165) is 72.4 Å². The third-order valence-corrected chi connectivity index (χ3v) is 10.1. The minimum absolute atomic E-state index is 0.821. The van der Waals surface area contributed by atoms with Crippen LogP contribution in [0.15, 0.2) is 209 Å². The second-order valence-corrected chi connectivity index (χ2v) is 13.4. The van der Waals surface area contributed by atoms with Gasteiger partial charge in [0.25, 0.3) is 0 Å². The second-order valence-electron chi connectivity index (χ2n) is 13.4. The van der Waals surface area contributed by atoms with E-state index in [9.17, 15) is 0 Å². The third kappa shape index (κ3) is 5.65. The molecule has 2 aromatic heterocycles. The molecule has 0 atom stereocenters. The van der Waals surface area contributed by atoms with Crippen LogP contribution >= 0.6 is 0 Å². The van der Waals surface area contributed by atoms with Crippen LogP contribution in [-0.4, -0.2) is 0 Å². The maximum Gasteiger partial charge on any atom is 0.146 e. The van der Waals surface area contributed by atoms with E-state index in [1.54, 1.807) is 0 Å². The predicted octanol–water partition coefficient (Wildman–Crippen LogP) is 14.5. The summed E-state index contributed by atoms with van der Waals surface area (Å²) in [6.45, 7) is 0. The minimum Gasteiger partial charge on any atom is -0.456 e. The Kier molecular flexibility index (Phi) is 7.47. The highest BCUT2D eigenvalue weighted by Gasteiger charge is 2.17. The smallest absolute Gasteiger partial charge is 0.146 e. The van der Waals surface area contributed by atoms with Gasteiger partial charge in [-0.2, -0.15) is 0 Å². The molecule has 3 heteroatoms. The first-order chi connectivity index (χ1) is 26.2. The molecular weight excluding hydrogens is 647 g/mol. The molecule has 0 spiro atoms. The van der Waals surface area contributed by atoms with Crippen LogP contribution in [0.25, 0.3) is 77.6 Å². The highest BCUT2D eigenvalue weighted by Crippen LogP contribution is 2.41. The third-order valence-electron chi connectivity index (χ3n) is 10.1. The van der Waals surface area contributed by atoms with Crippen molar-refractivity contribution >= 4 is 50.0 Å². The lowest BCUT2D eigenvalue weighted by Gasteiger charge is -2.26. The molecule has 53 heavy (non-hydrogen) atoms. The van der Waals surface area contributed by atoms with Gasteiger partial charge >= 0.3 is 0 Å². The van der Waals surface area contributed by atoms with Crippen LogP contribution < -0.4 is 4.90 Å². The van der Waals surface area contributed by atoms with Gasteiger partial charge in [-0.15, -0.1) is 0 Å². The van der Waals surface area contributed by atoms with Gasteiger partial charge in [0.15, 0.2) is 0 Å². The summed E-state index contributed by atoms with van der Waals surface area (Å²) in [5.41, 5.74) is 13.8. The molecule has 0 aliphatic rings. The minimum atomic E-state index is 0.821. The van der Waals surface area contributed by atoms with Gasteiger partial charge in [-0.25, -0.2) is 0 Å². The SMILES string of the molecule is c1ccc(-c2ccc(N(c3ccc(-c4ccccc4)cc3)c3ccc(-c4ccc5c(c4)oc4ccc6cc(-c7ccccc7)oc6c45)cc3)cc2)cc1. The Morgan fingerprint density at radius 3 is 1.30 bits per heavy atom. The number of furan rings is 2. The fourth-order valence-electron chi connectivity index (χ4n) is 7.40. The quantitative estimate of drug-likeness (QED) is 0.168. The van der Waals surface area contributed by atoms with Crippen LogP contribution in [0.5, 0.6) is 0 Å². The molecule has 0 N–H and O–H groups in total. The van der Waals surface area contributed by atoms with Gasteiger partial charge in [-0.3, -0.25) is 0 Å². The van der Waals surface area contributed by atoms with E-state index in [1.165, 1.54) is 22.3 Å². The molecule has 3 nitrogen and oxygen atoms in total. The number of hydrogen-bond donors (Lipinski definition) is 0. The lowest BCUT2D eigenvalue weighted by Crippen LogP contribution is -2.09. The van der Waals surface area contributed by atoms with E-state index in [0.29, 0.717) is 0 Å². The molecule has 8 aromatic carbocycles. The maximum atomic E-state index is 6.45. The fourth-order valence-corrected chi connectivity index (χ4v) is 7.40. The van der Waals surface area contributed by atoms with Crippen molar-refractivity contribution in [3.8, 4) is 44.7 Å². The molecule has 0 aliphatic heterocycles. The van der Waals surface area contributed by atoms with Gasteiger partial charge < -0.3 is 13.7 Å². The van der Waals surface area contributed by atoms with Crippen LogP contribution in [-0.2, 0) is 0 Å². The maximum absolute atomic E-state index is 6.45. The van der Waals surface area contributed by atoms with Crippen molar-refractivity contribution in [3.05, 3.63) is 200 Å². The Morgan fingerprint density at radius 1 is 0.321 bits per heavy atom. The zero-order chi connectivity index (χ0) is 35.1. The zero-order valence-corrected chi connectivity index (χ0v) is 28.8. The molecule has 0 saturated heterocycles. The highest BCUT2D eigenvalue weighted by molar-refractivity contribution is 6.17. The van der Waals surface area contributed by atoms with Crippen molar-refractivity contribution in [3.63, 3.8) is 0 Å². The normalized spacial score (nSPS) is 11.4. The van der Waals surface area contributed by atoms with Gasteiger partial charge in [0.05, 0.1) is 5.39 Å². The molecule has 10 rings (SSSR count). The molecule has 250 valence electrons. The lowest BCUT2D eigenvalue weighted by atomic mass is 10.0. The van der Waals surface area contributed by atoms with E-state index in [4.69, 9.17) is 8.83 Å². The molecule has 0 unspecified atom stereocenters. The average Bonchev–Trinajstić information content (AvgIpc) is 3.84. The van der Waals surface area contributed by atoms with Crippen LogP contribution in [0.4, 0.5) is 17.1 Å². The number of benzene rings is 8. The molecule has 0 saturated carbocycles. The van der Waals surface area contributed by atoms with E-state index >= 15 is 0 Å². The van der Waals surface area contributed by atoms with Crippen molar-refractivity contribution in [1.82, 2.24) is 0 Å². The molecule has 0 fully saturated rings. The summed E-state index contributed by atoms with van der Waals surface area (Å²) in [5, 5.41) is 3.12. The van der Waals surface area contributed by atoms with E-state index in [2.05, 4.69) is 181 Å². The monoisotopic (exact) mass is 679 g/mol. The first-order valence-electron chi connectivity index (χ1n) is 17.9. The molecule has 2 heterocycles. The van der Waals surface area contributed by atoms with E-state index in [-0.39, 0.29) is 0 Å². The summed E-state index contributed by atoms with van der Waals surface area (Å²) in [7, 11) is 0. The van der Waals surface area contributed by atoms with Gasteiger partial charge in [0, 0.05) is 33.4 Å². The Morgan fingerprint density at radius 2 is 0.774 bits per heavy atom. The van der Waals surface area contributed by atoms with Crippen molar-refractivity contribution in [1.29, 1.82) is 0 Å². The number of anilines is 3. The molecule has 0 radical (unpaired) electrons. The Bertz CT molecular complexity index is 2750. The van der Waals surface area contributed by atoms with Crippen LogP contribution in [0.1, 0.15) is 0 Å². The first-order valence-corrected chi connectivity index (χ1v) is 17.9. The Hall–Kier alpha value is -7.10. The summed E-state index contributed by atoms with van der Waals surface area (Å²) in [5.74, 6) is 0.854. The number of nitrogens with zero attached hydrogens (tertiary/aromatic N) is 1. The van der Waals surface area contributed by atoms with Gasteiger partial charge in [-0.1, -0.05) is 133 Å².